The SMILES string of the molecule is CCN1CCN=C1c1ccc(C(C)=O)cc1. The van der Waals surface area contributed by atoms with Crippen LogP contribution >= 0.6 is 0 Å². The van der Waals surface area contributed by atoms with Crippen LogP contribution in [0.15, 0.2) is 29.3 Å². The third-order valence-corrected chi connectivity index (χ3v) is 2.86. The zero-order valence-electron chi connectivity index (χ0n) is 9.73. The molecule has 3 nitrogen and oxygen atoms in total. The number of ketones is 1. The number of Topliss-reactive ketones (excluding diaryl/α,β-unsaturated/α-hetero) is 1. The quantitative estimate of drug-likeness (QED) is 0.724. The van der Waals surface area contributed by atoms with Gasteiger partial charge >= 0.3 is 0 Å². The number of carbonyl (C=O) groups excluding carboxylic acids is 1. The summed E-state index contributed by atoms with van der Waals surface area (Å²) in [5.41, 5.74) is 1.86. The molecule has 0 fully saturated rings. The van der Waals surface area contributed by atoms with Gasteiger partial charge in [0.2, 0.25) is 0 Å². The number of likely N-dealkylation sites (N-methyl/N-ethyl adjacent to an activating group) is 1. The highest BCUT2D eigenvalue weighted by Crippen LogP contribution is 2.12. The maximum Gasteiger partial charge on any atom is 0.159 e. The lowest BCUT2D eigenvalue weighted by Gasteiger charge is -2.17. The molecule has 0 aliphatic carbocycles. The molecule has 1 heterocycles. The Labute approximate surface area is 95.8 Å². The van der Waals surface area contributed by atoms with E-state index in [1.165, 1.54) is 0 Å². The van der Waals surface area contributed by atoms with Crippen molar-refractivity contribution in [3.05, 3.63) is 35.4 Å². The maximum atomic E-state index is 11.2. The van der Waals surface area contributed by atoms with Gasteiger partial charge in [0.15, 0.2) is 5.78 Å². The van der Waals surface area contributed by atoms with Crippen LogP contribution in [0.2, 0.25) is 0 Å². The molecule has 0 atom stereocenters. The largest absolute Gasteiger partial charge is 0.355 e. The number of hydrogen-bond acceptors (Lipinski definition) is 3. The minimum Gasteiger partial charge on any atom is -0.355 e. The second-order valence-electron chi connectivity index (χ2n) is 3.92. The monoisotopic (exact) mass is 216 g/mol. The molecule has 0 N–H and O–H groups in total. The first-order chi connectivity index (χ1) is 7.72. The first-order valence-electron chi connectivity index (χ1n) is 5.63. The third-order valence-electron chi connectivity index (χ3n) is 2.86. The first kappa shape index (κ1) is 10.9. The predicted molar refractivity (Wildman–Crippen MR) is 65.1 cm³/mol. The molecule has 0 amide bonds. The van der Waals surface area contributed by atoms with Gasteiger partial charge in [0.05, 0.1) is 6.54 Å². The van der Waals surface area contributed by atoms with Crippen molar-refractivity contribution in [3.8, 4) is 0 Å². The molecule has 3 heteroatoms. The Hall–Kier alpha value is -1.64. The van der Waals surface area contributed by atoms with E-state index in [1.807, 2.05) is 24.3 Å². The van der Waals surface area contributed by atoms with Gasteiger partial charge in [-0.15, -0.1) is 0 Å². The molecule has 0 unspecified atom stereocenters. The summed E-state index contributed by atoms with van der Waals surface area (Å²) in [6.45, 7) is 6.57. The standard InChI is InChI=1S/C13H16N2O/c1-3-15-9-8-14-13(15)12-6-4-11(5-7-12)10(2)16/h4-7H,3,8-9H2,1-2H3. The fourth-order valence-electron chi connectivity index (χ4n) is 1.92. The minimum absolute atomic E-state index is 0.104. The van der Waals surface area contributed by atoms with E-state index < -0.39 is 0 Å². The van der Waals surface area contributed by atoms with Crippen molar-refractivity contribution in [3.63, 3.8) is 0 Å². The van der Waals surface area contributed by atoms with E-state index >= 15 is 0 Å². The van der Waals surface area contributed by atoms with Crippen molar-refractivity contribution in [2.24, 2.45) is 4.99 Å². The van der Waals surface area contributed by atoms with E-state index in [9.17, 15) is 4.79 Å². The van der Waals surface area contributed by atoms with Gasteiger partial charge in [0.1, 0.15) is 5.84 Å². The molecule has 0 bridgehead atoms. The van der Waals surface area contributed by atoms with Gasteiger partial charge in [-0.05, 0) is 13.8 Å². The number of benzene rings is 1. The van der Waals surface area contributed by atoms with Crippen LogP contribution in [0, 0.1) is 0 Å². The number of nitrogens with zero attached hydrogens (tertiary/aromatic N) is 2. The van der Waals surface area contributed by atoms with E-state index in [2.05, 4.69) is 16.8 Å². The lowest BCUT2D eigenvalue weighted by molar-refractivity contribution is 0.101. The van der Waals surface area contributed by atoms with Crippen LogP contribution in [-0.4, -0.2) is 36.2 Å². The van der Waals surface area contributed by atoms with Gasteiger partial charge < -0.3 is 4.90 Å². The van der Waals surface area contributed by atoms with Crippen LogP contribution in [0.25, 0.3) is 0 Å². The van der Waals surface area contributed by atoms with Gasteiger partial charge in [0.25, 0.3) is 0 Å². The van der Waals surface area contributed by atoms with Crippen molar-refractivity contribution < 1.29 is 4.79 Å². The summed E-state index contributed by atoms with van der Waals surface area (Å²) in [5, 5.41) is 0. The van der Waals surface area contributed by atoms with Gasteiger partial charge in [-0.25, -0.2) is 0 Å². The summed E-state index contributed by atoms with van der Waals surface area (Å²) in [5.74, 6) is 1.16. The summed E-state index contributed by atoms with van der Waals surface area (Å²) in [6, 6.07) is 7.69. The normalized spacial score (nSPS) is 15.1. The van der Waals surface area contributed by atoms with E-state index in [1.54, 1.807) is 6.92 Å². The average Bonchev–Trinajstić information content (AvgIpc) is 2.77. The van der Waals surface area contributed by atoms with E-state index in [0.29, 0.717) is 0 Å². The van der Waals surface area contributed by atoms with Crippen LogP contribution in [0.5, 0.6) is 0 Å². The summed E-state index contributed by atoms with van der Waals surface area (Å²) in [4.78, 5) is 17.9. The van der Waals surface area contributed by atoms with Crippen molar-refractivity contribution in [1.29, 1.82) is 0 Å². The van der Waals surface area contributed by atoms with Gasteiger partial charge in [-0.3, -0.25) is 9.79 Å². The van der Waals surface area contributed by atoms with Gasteiger partial charge in [0, 0.05) is 24.2 Å². The molecule has 0 radical (unpaired) electrons. The molecule has 0 aromatic heterocycles. The highest BCUT2D eigenvalue weighted by Gasteiger charge is 2.16. The Morgan fingerprint density at radius 3 is 2.62 bits per heavy atom. The van der Waals surface area contributed by atoms with Crippen molar-refractivity contribution in [2.45, 2.75) is 13.8 Å². The molecule has 1 aromatic rings. The molecule has 0 spiro atoms. The van der Waals surface area contributed by atoms with Crippen LogP contribution in [0.3, 0.4) is 0 Å². The number of hydrogen-bond donors (Lipinski definition) is 0. The van der Waals surface area contributed by atoms with E-state index in [-0.39, 0.29) is 5.78 Å². The van der Waals surface area contributed by atoms with Crippen molar-refractivity contribution in [2.75, 3.05) is 19.6 Å². The van der Waals surface area contributed by atoms with Crippen LogP contribution in [-0.2, 0) is 0 Å². The highest BCUT2D eigenvalue weighted by atomic mass is 16.1. The second-order valence-corrected chi connectivity index (χ2v) is 3.92. The van der Waals surface area contributed by atoms with E-state index in [0.717, 1.165) is 36.6 Å². The molecule has 0 saturated carbocycles. The average molecular weight is 216 g/mol. The smallest absolute Gasteiger partial charge is 0.159 e. The molecule has 1 aromatic carbocycles. The fraction of sp³-hybridized carbons (Fsp3) is 0.385. The summed E-state index contributed by atoms with van der Waals surface area (Å²) in [6.07, 6.45) is 0. The van der Waals surface area contributed by atoms with Crippen LogP contribution in [0.4, 0.5) is 0 Å². The summed E-state index contributed by atoms with van der Waals surface area (Å²) >= 11 is 0. The molecule has 1 aliphatic heterocycles. The molecule has 16 heavy (non-hydrogen) atoms. The number of aliphatic imine (C=N–C) groups is 1. The summed E-state index contributed by atoms with van der Waals surface area (Å²) < 4.78 is 0. The predicted octanol–water partition coefficient (Wildman–Crippen LogP) is 1.97. The molecule has 1 aliphatic rings. The molecule has 0 saturated heterocycles. The van der Waals surface area contributed by atoms with Crippen molar-refractivity contribution >= 4 is 11.6 Å². The third kappa shape index (κ3) is 1.98. The fourth-order valence-corrected chi connectivity index (χ4v) is 1.92. The lowest BCUT2D eigenvalue weighted by atomic mass is 10.1. The lowest BCUT2D eigenvalue weighted by Crippen LogP contribution is -2.27. The van der Waals surface area contributed by atoms with Gasteiger partial charge in [-0.1, -0.05) is 24.3 Å². The molecule has 2 rings (SSSR count). The highest BCUT2D eigenvalue weighted by molar-refractivity contribution is 6.01. The van der Waals surface area contributed by atoms with Gasteiger partial charge in [-0.2, -0.15) is 0 Å². The number of carbonyl (C=O) groups is 1. The summed E-state index contributed by atoms with van der Waals surface area (Å²) in [7, 11) is 0. The Bertz CT molecular complexity index is 420. The minimum atomic E-state index is 0.104. The number of amidine groups is 1. The molecule has 84 valence electrons. The molecular formula is C13H16N2O. The first-order valence-corrected chi connectivity index (χ1v) is 5.63. The van der Waals surface area contributed by atoms with E-state index in [4.69, 9.17) is 0 Å². The Balaban J connectivity index is 2.25. The zero-order chi connectivity index (χ0) is 11.5. The Morgan fingerprint density at radius 1 is 1.38 bits per heavy atom. The number of rotatable bonds is 3. The molecular weight excluding hydrogens is 200 g/mol. The Kier molecular flexibility index (Phi) is 3.04. The van der Waals surface area contributed by atoms with Crippen LogP contribution < -0.4 is 0 Å². The maximum absolute atomic E-state index is 11.2. The second kappa shape index (κ2) is 4.47. The topological polar surface area (TPSA) is 32.7 Å². The Morgan fingerprint density at radius 2 is 2.06 bits per heavy atom. The zero-order valence-corrected chi connectivity index (χ0v) is 9.73. The van der Waals surface area contributed by atoms with Crippen molar-refractivity contribution in [1.82, 2.24) is 4.90 Å². The van der Waals surface area contributed by atoms with Crippen LogP contribution in [0.1, 0.15) is 29.8 Å².